The summed E-state index contributed by atoms with van der Waals surface area (Å²) >= 11 is 0. The van der Waals surface area contributed by atoms with E-state index in [9.17, 15) is 4.79 Å². The van der Waals surface area contributed by atoms with E-state index in [0.29, 0.717) is 11.9 Å². The van der Waals surface area contributed by atoms with E-state index >= 15 is 0 Å². The molecule has 0 fully saturated rings. The predicted octanol–water partition coefficient (Wildman–Crippen LogP) is 1.78. The number of carbonyl (C=O) groups is 1. The summed E-state index contributed by atoms with van der Waals surface area (Å²) in [5, 5.41) is 14.9. The van der Waals surface area contributed by atoms with Gasteiger partial charge in [0.15, 0.2) is 11.5 Å². The summed E-state index contributed by atoms with van der Waals surface area (Å²) in [5.74, 6) is 0.0302. The smallest absolute Gasteiger partial charge is 0.358 e. The molecule has 2 rings (SSSR count). The van der Waals surface area contributed by atoms with Crippen molar-refractivity contribution in [1.82, 2.24) is 20.0 Å². The molecule has 0 saturated heterocycles. The maximum absolute atomic E-state index is 11.2. The molecule has 2 aromatic rings. The molecule has 0 aromatic carbocycles. The first-order valence-corrected chi connectivity index (χ1v) is 5.83. The van der Waals surface area contributed by atoms with Crippen LogP contribution in [0.5, 0.6) is 0 Å². The summed E-state index contributed by atoms with van der Waals surface area (Å²) in [7, 11) is 1.30. The third-order valence-corrected chi connectivity index (χ3v) is 2.46. The Hall–Kier alpha value is -2.44. The Bertz CT molecular complexity index is 562. The summed E-state index contributed by atoms with van der Waals surface area (Å²) in [5.41, 5.74) is 0.986. The van der Waals surface area contributed by atoms with Crippen LogP contribution in [0.1, 0.15) is 30.4 Å². The number of esters is 1. The fourth-order valence-electron chi connectivity index (χ4n) is 1.45. The maximum Gasteiger partial charge on any atom is 0.358 e. The van der Waals surface area contributed by atoms with E-state index in [2.05, 4.69) is 25.3 Å². The largest absolute Gasteiger partial charge is 0.464 e. The van der Waals surface area contributed by atoms with Gasteiger partial charge in [0.25, 0.3) is 0 Å². The molecular weight excluding hydrogens is 246 g/mol. The molecule has 0 amide bonds. The Labute approximate surface area is 110 Å². The average Bonchev–Trinajstić information content (AvgIpc) is 2.87. The van der Waals surface area contributed by atoms with Crippen molar-refractivity contribution in [3.05, 3.63) is 30.2 Å². The first kappa shape index (κ1) is 13.0. The fraction of sp³-hybridized carbons (Fsp3) is 0.333. The molecule has 0 bridgehead atoms. The molecule has 1 N–H and O–H groups in total. The van der Waals surface area contributed by atoms with Crippen LogP contribution in [-0.4, -0.2) is 33.1 Å². The minimum atomic E-state index is -0.508. The van der Waals surface area contributed by atoms with E-state index in [4.69, 9.17) is 0 Å². The van der Waals surface area contributed by atoms with Gasteiger partial charge >= 0.3 is 5.97 Å². The SMILES string of the molecule is COC(=O)c1ccc(Nc2cnn(C(C)C)c2)nn1. The number of carbonyl (C=O) groups excluding carboxylic acids is 1. The molecule has 0 aliphatic rings. The first-order valence-electron chi connectivity index (χ1n) is 5.83. The van der Waals surface area contributed by atoms with Gasteiger partial charge in [0.2, 0.25) is 0 Å². The Kier molecular flexibility index (Phi) is 3.74. The third-order valence-electron chi connectivity index (χ3n) is 2.46. The van der Waals surface area contributed by atoms with Gasteiger partial charge in [0, 0.05) is 12.2 Å². The van der Waals surface area contributed by atoms with Crippen molar-refractivity contribution in [2.24, 2.45) is 0 Å². The Morgan fingerprint density at radius 3 is 2.68 bits per heavy atom. The molecule has 2 heterocycles. The number of nitrogens with one attached hydrogen (secondary N) is 1. The normalized spacial score (nSPS) is 10.5. The first-order chi connectivity index (χ1) is 9.10. The summed E-state index contributed by atoms with van der Waals surface area (Å²) < 4.78 is 6.38. The van der Waals surface area contributed by atoms with Crippen LogP contribution in [0.15, 0.2) is 24.5 Å². The minimum absolute atomic E-state index is 0.172. The second-order valence-electron chi connectivity index (χ2n) is 4.22. The zero-order valence-electron chi connectivity index (χ0n) is 11.0. The zero-order valence-corrected chi connectivity index (χ0v) is 11.0. The van der Waals surface area contributed by atoms with Gasteiger partial charge < -0.3 is 10.1 Å². The maximum atomic E-state index is 11.2. The molecule has 0 saturated carbocycles. The Balaban J connectivity index is 2.08. The lowest BCUT2D eigenvalue weighted by Crippen LogP contribution is -2.06. The molecule has 19 heavy (non-hydrogen) atoms. The van der Waals surface area contributed by atoms with Gasteiger partial charge in [-0.05, 0) is 26.0 Å². The van der Waals surface area contributed by atoms with Crippen LogP contribution in [0.3, 0.4) is 0 Å². The topological polar surface area (TPSA) is 81.9 Å². The predicted molar refractivity (Wildman–Crippen MR) is 69.3 cm³/mol. The standard InChI is InChI=1S/C12H15N5O2/c1-8(2)17-7-9(6-13-17)14-11-5-4-10(15-16-11)12(18)19-3/h4-8H,1-3H3,(H,14,16). The Morgan fingerprint density at radius 2 is 2.16 bits per heavy atom. The molecule has 0 atom stereocenters. The lowest BCUT2D eigenvalue weighted by Gasteiger charge is -2.04. The highest BCUT2D eigenvalue weighted by Crippen LogP contribution is 2.15. The van der Waals surface area contributed by atoms with E-state index in [1.807, 2.05) is 24.7 Å². The Morgan fingerprint density at radius 1 is 1.37 bits per heavy atom. The molecule has 100 valence electrons. The van der Waals surface area contributed by atoms with E-state index in [-0.39, 0.29) is 5.69 Å². The van der Waals surface area contributed by atoms with Crippen molar-refractivity contribution in [3.63, 3.8) is 0 Å². The molecular formula is C12H15N5O2. The van der Waals surface area contributed by atoms with Crippen molar-refractivity contribution < 1.29 is 9.53 Å². The number of hydrogen-bond acceptors (Lipinski definition) is 6. The van der Waals surface area contributed by atoms with E-state index in [1.165, 1.54) is 7.11 Å². The molecule has 0 radical (unpaired) electrons. The molecule has 0 unspecified atom stereocenters. The minimum Gasteiger partial charge on any atom is -0.464 e. The third kappa shape index (κ3) is 3.06. The van der Waals surface area contributed by atoms with Gasteiger partial charge in [-0.3, -0.25) is 4.68 Å². The van der Waals surface area contributed by atoms with E-state index in [1.54, 1.807) is 18.3 Å². The summed E-state index contributed by atoms with van der Waals surface area (Å²) in [6, 6.07) is 3.50. The van der Waals surface area contributed by atoms with Crippen molar-refractivity contribution in [1.29, 1.82) is 0 Å². The van der Waals surface area contributed by atoms with Crippen molar-refractivity contribution in [3.8, 4) is 0 Å². The fourth-order valence-corrected chi connectivity index (χ4v) is 1.45. The average molecular weight is 261 g/mol. The number of methoxy groups -OCH3 is 1. The summed E-state index contributed by atoms with van der Waals surface area (Å²) in [6.45, 7) is 4.09. The molecule has 0 aliphatic heterocycles. The lowest BCUT2D eigenvalue weighted by atomic mass is 10.4. The van der Waals surface area contributed by atoms with Gasteiger partial charge in [-0.15, -0.1) is 10.2 Å². The number of ether oxygens (including phenoxy) is 1. The number of nitrogens with zero attached hydrogens (tertiary/aromatic N) is 4. The molecule has 0 spiro atoms. The molecule has 7 heteroatoms. The number of aromatic nitrogens is 4. The number of anilines is 2. The van der Waals surface area contributed by atoms with E-state index in [0.717, 1.165) is 5.69 Å². The van der Waals surface area contributed by atoms with Crippen molar-refractivity contribution >= 4 is 17.5 Å². The van der Waals surface area contributed by atoms with Crippen LogP contribution >= 0.6 is 0 Å². The second kappa shape index (κ2) is 5.47. The lowest BCUT2D eigenvalue weighted by molar-refractivity contribution is 0.0593. The quantitative estimate of drug-likeness (QED) is 0.845. The molecule has 2 aromatic heterocycles. The monoisotopic (exact) mass is 261 g/mol. The van der Waals surface area contributed by atoms with E-state index < -0.39 is 5.97 Å². The number of hydrogen-bond donors (Lipinski definition) is 1. The second-order valence-corrected chi connectivity index (χ2v) is 4.22. The zero-order chi connectivity index (χ0) is 13.8. The highest BCUT2D eigenvalue weighted by atomic mass is 16.5. The van der Waals surface area contributed by atoms with Gasteiger partial charge in [-0.25, -0.2) is 4.79 Å². The van der Waals surface area contributed by atoms with Crippen LogP contribution in [0.2, 0.25) is 0 Å². The van der Waals surface area contributed by atoms with Gasteiger partial charge in [0.05, 0.1) is 19.0 Å². The van der Waals surface area contributed by atoms with Crippen LogP contribution in [-0.2, 0) is 4.74 Å². The van der Waals surface area contributed by atoms with Crippen molar-refractivity contribution in [2.45, 2.75) is 19.9 Å². The summed E-state index contributed by atoms with van der Waals surface area (Å²) in [6.07, 6.45) is 3.58. The van der Waals surface area contributed by atoms with Crippen LogP contribution < -0.4 is 5.32 Å². The summed E-state index contributed by atoms with van der Waals surface area (Å²) in [4.78, 5) is 11.2. The van der Waals surface area contributed by atoms with Crippen LogP contribution in [0.25, 0.3) is 0 Å². The van der Waals surface area contributed by atoms with Gasteiger partial charge in [-0.1, -0.05) is 0 Å². The highest BCUT2D eigenvalue weighted by Gasteiger charge is 2.08. The van der Waals surface area contributed by atoms with Gasteiger partial charge in [-0.2, -0.15) is 5.10 Å². The highest BCUT2D eigenvalue weighted by molar-refractivity contribution is 5.87. The molecule has 0 aliphatic carbocycles. The van der Waals surface area contributed by atoms with Crippen LogP contribution in [0.4, 0.5) is 11.5 Å². The van der Waals surface area contributed by atoms with Gasteiger partial charge in [0.1, 0.15) is 0 Å². The van der Waals surface area contributed by atoms with Crippen LogP contribution in [0, 0.1) is 0 Å². The number of rotatable bonds is 4. The van der Waals surface area contributed by atoms with Crippen molar-refractivity contribution in [2.75, 3.05) is 12.4 Å². The molecule has 7 nitrogen and oxygen atoms in total.